The molecular formula is C15H18O4. The van der Waals surface area contributed by atoms with Gasteiger partial charge in [0.05, 0.1) is 12.7 Å². The fourth-order valence-corrected chi connectivity index (χ4v) is 1.87. The first-order valence-corrected chi connectivity index (χ1v) is 6.21. The zero-order valence-electron chi connectivity index (χ0n) is 11.2. The van der Waals surface area contributed by atoms with Crippen LogP contribution in [0.5, 0.6) is 0 Å². The molecule has 0 aromatic heterocycles. The predicted octanol–water partition coefficient (Wildman–Crippen LogP) is 2.52. The summed E-state index contributed by atoms with van der Waals surface area (Å²) in [6, 6.07) is 6.78. The molecule has 0 heterocycles. The van der Waals surface area contributed by atoms with Crippen molar-refractivity contribution in [2.45, 2.75) is 32.1 Å². The Hall–Kier alpha value is -1.97. The van der Waals surface area contributed by atoms with Crippen LogP contribution in [-0.2, 0) is 14.3 Å². The number of Topliss-reactive ketones (excluding diaryl/α,β-unsaturated/α-hetero) is 1. The minimum Gasteiger partial charge on any atom is -0.465 e. The van der Waals surface area contributed by atoms with Gasteiger partial charge in [-0.1, -0.05) is 12.1 Å². The Labute approximate surface area is 112 Å². The number of aldehydes is 1. The first-order valence-electron chi connectivity index (χ1n) is 6.21. The second kappa shape index (κ2) is 7.46. The van der Waals surface area contributed by atoms with Crippen LogP contribution in [0.2, 0.25) is 0 Å². The monoisotopic (exact) mass is 262 g/mol. The third-order valence-corrected chi connectivity index (χ3v) is 2.97. The first kappa shape index (κ1) is 15.1. The lowest BCUT2D eigenvalue weighted by atomic mass is 9.94. The average Bonchev–Trinajstić information content (AvgIpc) is 2.43. The lowest BCUT2D eigenvalue weighted by Crippen LogP contribution is -2.04. The number of hydrogen-bond donors (Lipinski definition) is 0. The van der Waals surface area contributed by atoms with Crippen molar-refractivity contribution in [2.24, 2.45) is 0 Å². The van der Waals surface area contributed by atoms with E-state index in [0.717, 1.165) is 11.8 Å². The number of ketones is 1. The SMILES string of the molecule is COC(=O)c1ccc(C(C=O)CCCC(C)=O)cc1. The summed E-state index contributed by atoms with van der Waals surface area (Å²) in [6.07, 6.45) is 2.70. The van der Waals surface area contributed by atoms with E-state index in [0.29, 0.717) is 24.8 Å². The van der Waals surface area contributed by atoms with Gasteiger partial charge in [-0.2, -0.15) is 0 Å². The minimum absolute atomic E-state index is 0.130. The molecule has 0 fully saturated rings. The van der Waals surface area contributed by atoms with Gasteiger partial charge >= 0.3 is 5.97 Å². The van der Waals surface area contributed by atoms with Crippen LogP contribution in [0.25, 0.3) is 0 Å². The number of carbonyl (C=O) groups excluding carboxylic acids is 3. The highest BCUT2D eigenvalue weighted by Gasteiger charge is 2.12. The molecule has 4 nitrogen and oxygen atoms in total. The van der Waals surface area contributed by atoms with E-state index in [1.165, 1.54) is 7.11 Å². The van der Waals surface area contributed by atoms with Crippen LogP contribution < -0.4 is 0 Å². The van der Waals surface area contributed by atoms with E-state index in [1.54, 1.807) is 31.2 Å². The number of rotatable bonds is 7. The summed E-state index contributed by atoms with van der Waals surface area (Å²) in [6.45, 7) is 1.54. The molecule has 1 unspecified atom stereocenters. The first-order chi connectivity index (χ1) is 9.08. The lowest BCUT2D eigenvalue weighted by Gasteiger charge is -2.10. The summed E-state index contributed by atoms with van der Waals surface area (Å²) in [7, 11) is 1.33. The standard InChI is InChI=1S/C15H18O4/c1-11(17)4-3-5-14(10-16)12-6-8-13(9-7-12)15(18)19-2/h6-10,14H,3-5H2,1-2H3. The Morgan fingerprint density at radius 3 is 2.37 bits per heavy atom. The summed E-state index contributed by atoms with van der Waals surface area (Å²) in [5.41, 5.74) is 1.31. The van der Waals surface area contributed by atoms with E-state index in [4.69, 9.17) is 0 Å². The molecule has 0 radical (unpaired) electrons. The molecule has 0 aliphatic heterocycles. The molecule has 0 aliphatic rings. The van der Waals surface area contributed by atoms with E-state index >= 15 is 0 Å². The number of ether oxygens (including phenoxy) is 1. The molecule has 0 spiro atoms. The van der Waals surface area contributed by atoms with Crippen molar-refractivity contribution >= 4 is 18.0 Å². The smallest absolute Gasteiger partial charge is 0.337 e. The molecular weight excluding hydrogens is 244 g/mol. The van der Waals surface area contributed by atoms with Gasteiger partial charge in [0.15, 0.2) is 0 Å². The summed E-state index contributed by atoms with van der Waals surface area (Å²) < 4.78 is 4.61. The fraction of sp³-hybridized carbons (Fsp3) is 0.400. The average molecular weight is 262 g/mol. The third-order valence-electron chi connectivity index (χ3n) is 2.97. The van der Waals surface area contributed by atoms with Gasteiger partial charge in [-0.3, -0.25) is 0 Å². The van der Waals surface area contributed by atoms with Gasteiger partial charge in [0, 0.05) is 12.3 Å². The van der Waals surface area contributed by atoms with Gasteiger partial charge in [-0.05, 0) is 37.5 Å². The van der Waals surface area contributed by atoms with Crippen molar-refractivity contribution in [1.82, 2.24) is 0 Å². The van der Waals surface area contributed by atoms with Crippen molar-refractivity contribution in [2.75, 3.05) is 7.11 Å². The Bertz CT molecular complexity index is 448. The molecule has 19 heavy (non-hydrogen) atoms. The van der Waals surface area contributed by atoms with Gasteiger partial charge in [0.1, 0.15) is 12.1 Å². The number of methoxy groups -OCH3 is 1. The lowest BCUT2D eigenvalue weighted by molar-refractivity contribution is -0.117. The summed E-state index contributed by atoms with van der Waals surface area (Å²) in [5, 5.41) is 0. The Balaban J connectivity index is 2.68. The maximum atomic E-state index is 11.3. The van der Waals surface area contributed by atoms with Crippen LogP contribution >= 0.6 is 0 Å². The molecule has 0 N–H and O–H groups in total. The van der Waals surface area contributed by atoms with Crippen molar-refractivity contribution in [3.05, 3.63) is 35.4 Å². The number of esters is 1. The topological polar surface area (TPSA) is 60.4 Å². The number of hydrogen-bond acceptors (Lipinski definition) is 4. The van der Waals surface area contributed by atoms with Crippen LogP contribution in [0.15, 0.2) is 24.3 Å². The highest BCUT2D eigenvalue weighted by atomic mass is 16.5. The van der Waals surface area contributed by atoms with Crippen LogP contribution in [0, 0.1) is 0 Å². The van der Waals surface area contributed by atoms with Gasteiger partial charge in [0.25, 0.3) is 0 Å². The highest BCUT2D eigenvalue weighted by Crippen LogP contribution is 2.20. The van der Waals surface area contributed by atoms with Crippen molar-refractivity contribution in [1.29, 1.82) is 0 Å². The van der Waals surface area contributed by atoms with E-state index in [9.17, 15) is 14.4 Å². The molecule has 1 atom stereocenters. The largest absolute Gasteiger partial charge is 0.465 e. The van der Waals surface area contributed by atoms with Crippen molar-refractivity contribution in [3.63, 3.8) is 0 Å². The van der Waals surface area contributed by atoms with Crippen molar-refractivity contribution in [3.8, 4) is 0 Å². The van der Waals surface area contributed by atoms with Crippen LogP contribution in [0.4, 0.5) is 0 Å². The normalized spacial score (nSPS) is 11.7. The maximum Gasteiger partial charge on any atom is 0.337 e. The van der Waals surface area contributed by atoms with Crippen LogP contribution in [0.1, 0.15) is 48.0 Å². The molecule has 102 valence electrons. The van der Waals surface area contributed by atoms with E-state index in [1.807, 2.05) is 0 Å². The minimum atomic E-state index is -0.397. The maximum absolute atomic E-state index is 11.3. The van der Waals surface area contributed by atoms with Gasteiger partial charge < -0.3 is 14.3 Å². The van der Waals surface area contributed by atoms with Gasteiger partial charge in [-0.15, -0.1) is 0 Å². The fourth-order valence-electron chi connectivity index (χ4n) is 1.87. The Morgan fingerprint density at radius 1 is 1.26 bits per heavy atom. The van der Waals surface area contributed by atoms with Crippen LogP contribution in [-0.4, -0.2) is 25.1 Å². The van der Waals surface area contributed by atoms with E-state index in [-0.39, 0.29) is 11.7 Å². The number of benzene rings is 1. The summed E-state index contributed by atoms with van der Waals surface area (Å²) >= 11 is 0. The van der Waals surface area contributed by atoms with Gasteiger partial charge in [0.2, 0.25) is 0 Å². The third kappa shape index (κ3) is 4.66. The summed E-state index contributed by atoms with van der Waals surface area (Å²) in [4.78, 5) is 33.2. The Kier molecular flexibility index (Phi) is 5.93. The molecule has 0 bridgehead atoms. The van der Waals surface area contributed by atoms with E-state index < -0.39 is 5.97 Å². The predicted molar refractivity (Wildman–Crippen MR) is 71.1 cm³/mol. The molecule has 1 rings (SSSR count). The Morgan fingerprint density at radius 2 is 1.89 bits per heavy atom. The summed E-state index contributed by atoms with van der Waals surface area (Å²) in [5.74, 6) is -0.498. The van der Waals surface area contributed by atoms with Crippen LogP contribution in [0.3, 0.4) is 0 Å². The molecule has 0 saturated carbocycles. The zero-order chi connectivity index (χ0) is 14.3. The van der Waals surface area contributed by atoms with Crippen molar-refractivity contribution < 1.29 is 19.1 Å². The van der Waals surface area contributed by atoms with E-state index in [2.05, 4.69) is 4.74 Å². The van der Waals surface area contributed by atoms with Gasteiger partial charge in [-0.25, -0.2) is 4.79 Å². The second-order valence-corrected chi connectivity index (χ2v) is 4.45. The number of carbonyl (C=O) groups is 3. The second-order valence-electron chi connectivity index (χ2n) is 4.45. The zero-order valence-corrected chi connectivity index (χ0v) is 11.2. The quantitative estimate of drug-likeness (QED) is 0.559. The highest BCUT2D eigenvalue weighted by molar-refractivity contribution is 5.89. The molecule has 0 aliphatic carbocycles. The molecule has 1 aromatic carbocycles. The molecule has 4 heteroatoms. The molecule has 0 saturated heterocycles. The molecule has 1 aromatic rings. The molecule has 0 amide bonds.